The molecule has 1 saturated carbocycles. The number of hydrogen-bond acceptors (Lipinski definition) is 2. The number of nitrogens with one attached hydrogen (secondary N) is 1. The van der Waals surface area contributed by atoms with E-state index < -0.39 is 0 Å². The summed E-state index contributed by atoms with van der Waals surface area (Å²) < 4.78 is 0. The molecule has 0 aromatic heterocycles. The third-order valence-electron chi connectivity index (χ3n) is 4.73. The highest BCUT2D eigenvalue weighted by Gasteiger charge is 2.30. The summed E-state index contributed by atoms with van der Waals surface area (Å²) in [6, 6.07) is 0.787. The fourth-order valence-corrected chi connectivity index (χ4v) is 3.61. The predicted octanol–water partition coefficient (Wildman–Crippen LogP) is 3.03. The van der Waals surface area contributed by atoms with E-state index in [0.29, 0.717) is 5.54 Å². The quantitative estimate of drug-likeness (QED) is 0.795. The summed E-state index contributed by atoms with van der Waals surface area (Å²) in [5.41, 5.74) is 0.291. The van der Waals surface area contributed by atoms with Crippen molar-refractivity contribution in [3.63, 3.8) is 0 Å². The maximum absolute atomic E-state index is 3.67. The Kier molecular flexibility index (Phi) is 4.48. The van der Waals surface area contributed by atoms with Crippen LogP contribution in [0.4, 0.5) is 0 Å². The molecule has 0 spiro atoms. The van der Waals surface area contributed by atoms with Gasteiger partial charge in [-0.1, -0.05) is 19.3 Å². The lowest BCUT2D eigenvalue weighted by molar-refractivity contribution is 0.114. The second-order valence-corrected chi connectivity index (χ2v) is 6.77. The molecule has 1 N–H and O–H groups in total. The van der Waals surface area contributed by atoms with Crippen LogP contribution in [0, 0.1) is 5.92 Å². The molecule has 1 heterocycles. The van der Waals surface area contributed by atoms with Gasteiger partial charge in [0.1, 0.15) is 0 Å². The summed E-state index contributed by atoms with van der Waals surface area (Å²) in [4.78, 5) is 2.75. The lowest BCUT2D eigenvalue weighted by Crippen LogP contribution is -2.50. The van der Waals surface area contributed by atoms with Crippen LogP contribution in [-0.2, 0) is 0 Å². The highest BCUT2D eigenvalue weighted by molar-refractivity contribution is 4.89. The first-order valence-electron chi connectivity index (χ1n) is 7.57. The monoisotopic (exact) mass is 238 g/mol. The summed E-state index contributed by atoms with van der Waals surface area (Å²) in [6.07, 6.45) is 8.63. The normalized spacial score (nSPS) is 29.8. The van der Waals surface area contributed by atoms with Crippen LogP contribution in [0.1, 0.15) is 59.3 Å². The molecule has 0 aromatic carbocycles. The first kappa shape index (κ1) is 13.4. The van der Waals surface area contributed by atoms with Crippen molar-refractivity contribution in [3.05, 3.63) is 0 Å². The smallest absolute Gasteiger partial charge is 0.0252 e. The highest BCUT2D eigenvalue weighted by atomic mass is 15.2. The van der Waals surface area contributed by atoms with Gasteiger partial charge in [-0.25, -0.2) is 0 Å². The molecule has 2 rings (SSSR count). The minimum Gasteiger partial charge on any atom is -0.310 e. The van der Waals surface area contributed by atoms with Crippen molar-refractivity contribution < 1.29 is 0 Å². The van der Waals surface area contributed by atoms with Crippen LogP contribution in [0.5, 0.6) is 0 Å². The van der Waals surface area contributed by atoms with Gasteiger partial charge >= 0.3 is 0 Å². The standard InChI is InChI=1S/C15H30N2/c1-13(14-8-5-4-6-9-14)17-11-7-10-16-15(2,3)12-17/h13-14,16H,4-12H2,1-3H3. The number of nitrogens with zero attached hydrogens (tertiary/aromatic N) is 1. The molecule has 2 fully saturated rings. The van der Waals surface area contributed by atoms with E-state index in [1.807, 2.05) is 0 Å². The lowest BCUT2D eigenvalue weighted by atomic mass is 9.83. The summed E-state index contributed by atoms with van der Waals surface area (Å²) in [7, 11) is 0. The van der Waals surface area contributed by atoms with E-state index in [0.717, 1.165) is 12.0 Å². The Balaban J connectivity index is 1.94. The fraction of sp³-hybridized carbons (Fsp3) is 1.00. The molecular formula is C15H30N2. The molecule has 2 heteroatoms. The van der Waals surface area contributed by atoms with E-state index in [2.05, 4.69) is 31.0 Å². The second-order valence-electron chi connectivity index (χ2n) is 6.77. The molecule has 1 atom stereocenters. The average molecular weight is 238 g/mol. The van der Waals surface area contributed by atoms with E-state index in [-0.39, 0.29) is 0 Å². The van der Waals surface area contributed by atoms with Gasteiger partial charge in [-0.05, 0) is 59.0 Å². The first-order valence-corrected chi connectivity index (χ1v) is 7.57. The SMILES string of the molecule is CC(C1CCCCC1)N1CCCNC(C)(C)C1. The summed E-state index contributed by atoms with van der Waals surface area (Å²) >= 11 is 0. The van der Waals surface area contributed by atoms with Crippen LogP contribution in [-0.4, -0.2) is 36.1 Å². The van der Waals surface area contributed by atoms with E-state index in [4.69, 9.17) is 0 Å². The third kappa shape index (κ3) is 3.69. The van der Waals surface area contributed by atoms with E-state index in [1.165, 1.54) is 58.2 Å². The zero-order chi connectivity index (χ0) is 12.3. The van der Waals surface area contributed by atoms with Crippen molar-refractivity contribution >= 4 is 0 Å². The second kappa shape index (κ2) is 5.71. The maximum Gasteiger partial charge on any atom is 0.0252 e. The molecule has 2 aliphatic rings. The Labute approximate surface area is 107 Å². The Bertz CT molecular complexity index is 231. The molecule has 0 aromatic rings. The van der Waals surface area contributed by atoms with Crippen molar-refractivity contribution in [3.8, 4) is 0 Å². The molecule has 17 heavy (non-hydrogen) atoms. The van der Waals surface area contributed by atoms with Crippen LogP contribution in [0.3, 0.4) is 0 Å². The molecular weight excluding hydrogens is 208 g/mol. The van der Waals surface area contributed by atoms with Gasteiger partial charge in [0, 0.05) is 18.1 Å². The Morgan fingerprint density at radius 3 is 2.53 bits per heavy atom. The zero-order valence-electron chi connectivity index (χ0n) is 12.0. The minimum absolute atomic E-state index is 0.291. The Morgan fingerprint density at radius 2 is 1.82 bits per heavy atom. The van der Waals surface area contributed by atoms with Gasteiger partial charge in [-0.15, -0.1) is 0 Å². The van der Waals surface area contributed by atoms with Crippen LogP contribution in [0.15, 0.2) is 0 Å². The third-order valence-corrected chi connectivity index (χ3v) is 4.73. The van der Waals surface area contributed by atoms with Crippen molar-refractivity contribution in [1.29, 1.82) is 0 Å². The molecule has 0 amide bonds. The maximum atomic E-state index is 3.67. The van der Waals surface area contributed by atoms with Crippen LogP contribution in [0.25, 0.3) is 0 Å². The number of hydrogen-bond donors (Lipinski definition) is 1. The molecule has 0 bridgehead atoms. The van der Waals surface area contributed by atoms with E-state index in [9.17, 15) is 0 Å². The van der Waals surface area contributed by atoms with E-state index >= 15 is 0 Å². The average Bonchev–Trinajstić information content (AvgIpc) is 2.50. The first-order chi connectivity index (χ1) is 8.08. The van der Waals surface area contributed by atoms with Crippen molar-refractivity contribution in [2.75, 3.05) is 19.6 Å². The van der Waals surface area contributed by atoms with Crippen molar-refractivity contribution in [2.45, 2.75) is 70.9 Å². The van der Waals surface area contributed by atoms with E-state index in [1.54, 1.807) is 0 Å². The Hall–Kier alpha value is -0.0800. The minimum atomic E-state index is 0.291. The van der Waals surface area contributed by atoms with Gasteiger partial charge in [0.05, 0.1) is 0 Å². The predicted molar refractivity (Wildman–Crippen MR) is 74.3 cm³/mol. The summed E-state index contributed by atoms with van der Waals surface area (Å²) in [6.45, 7) is 10.8. The molecule has 0 radical (unpaired) electrons. The molecule has 2 nitrogen and oxygen atoms in total. The Morgan fingerprint density at radius 1 is 1.12 bits per heavy atom. The van der Waals surface area contributed by atoms with Gasteiger partial charge < -0.3 is 5.32 Å². The van der Waals surface area contributed by atoms with Crippen molar-refractivity contribution in [2.24, 2.45) is 5.92 Å². The molecule has 100 valence electrons. The number of rotatable bonds is 2. The molecule has 1 aliphatic heterocycles. The van der Waals surface area contributed by atoms with Gasteiger partial charge in [0.2, 0.25) is 0 Å². The van der Waals surface area contributed by atoms with Crippen LogP contribution >= 0.6 is 0 Å². The largest absolute Gasteiger partial charge is 0.310 e. The summed E-state index contributed by atoms with van der Waals surface area (Å²) in [5.74, 6) is 0.956. The van der Waals surface area contributed by atoms with Crippen LogP contribution < -0.4 is 5.32 Å². The van der Waals surface area contributed by atoms with Gasteiger partial charge in [0.25, 0.3) is 0 Å². The van der Waals surface area contributed by atoms with Gasteiger partial charge in [0.15, 0.2) is 0 Å². The lowest BCUT2D eigenvalue weighted by Gasteiger charge is -2.39. The zero-order valence-corrected chi connectivity index (χ0v) is 12.0. The van der Waals surface area contributed by atoms with Crippen LogP contribution in [0.2, 0.25) is 0 Å². The fourth-order valence-electron chi connectivity index (χ4n) is 3.61. The molecule has 1 aliphatic carbocycles. The van der Waals surface area contributed by atoms with Crippen molar-refractivity contribution in [1.82, 2.24) is 10.2 Å². The van der Waals surface area contributed by atoms with Gasteiger partial charge in [-0.3, -0.25) is 4.90 Å². The summed E-state index contributed by atoms with van der Waals surface area (Å²) in [5, 5.41) is 3.67. The molecule has 1 saturated heterocycles. The highest BCUT2D eigenvalue weighted by Crippen LogP contribution is 2.30. The molecule has 1 unspecified atom stereocenters. The van der Waals surface area contributed by atoms with Gasteiger partial charge in [-0.2, -0.15) is 0 Å². The topological polar surface area (TPSA) is 15.3 Å².